The number of carbonyl (C=O) groups is 1. The molecule has 1 amide bonds. The van der Waals surface area contributed by atoms with Gasteiger partial charge in [0.25, 0.3) is 5.91 Å². The number of ether oxygens (including phenoxy) is 1. The molecule has 5 heteroatoms. The van der Waals surface area contributed by atoms with Gasteiger partial charge in [-0.1, -0.05) is 19.1 Å². The van der Waals surface area contributed by atoms with Crippen LogP contribution in [0.4, 0.5) is 0 Å². The lowest BCUT2D eigenvalue weighted by atomic mass is 10.2. The molecule has 2 rings (SSSR count). The van der Waals surface area contributed by atoms with Gasteiger partial charge in [-0.05, 0) is 24.1 Å². The number of β-amino-alcohol motifs (C(OH)–C–C–N with tert-alkyl or cyclic N) is 1. The lowest BCUT2D eigenvalue weighted by Crippen LogP contribution is -2.50. The fourth-order valence-electron chi connectivity index (χ4n) is 2.45. The number of piperazine rings is 1. The second-order valence-electron chi connectivity index (χ2n) is 5.24. The lowest BCUT2D eigenvalue weighted by molar-refractivity contribution is -0.135. The monoisotopic (exact) mass is 292 g/mol. The van der Waals surface area contributed by atoms with E-state index in [4.69, 9.17) is 9.84 Å². The van der Waals surface area contributed by atoms with E-state index < -0.39 is 0 Å². The topological polar surface area (TPSA) is 53.0 Å². The third kappa shape index (κ3) is 4.72. The van der Waals surface area contributed by atoms with Crippen molar-refractivity contribution < 1.29 is 14.6 Å². The summed E-state index contributed by atoms with van der Waals surface area (Å²) >= 11 is 0. The van der Waals surface area contributed by atoms with Crippen LogP contribution < -0.4 is 4.74 Å². The summed E-state index contributed by atoms with van der Waals surface area (Å²) in [4.78, 5) is 16.1. The minimum atomic E-state index is 0.0283. The molecule has 1 fully saturated rings. The van der Waals surface area contributed by atoms with Crippen molar-refractivity contribution in [3.05, 3.63) is 29.8 Å². The molecule has 21 heavy (non-hydrogen) atoms. The highest BCUT2D eigenvalue weighted by molar-refractivity contribution is 5.77. The molecule has 0 unspecified atom stereocenters. The zero-order chi connectivity index (χ0) is 15.1. The first kappa shape index (κ1) is 15.8. The highest BCUT2D eigenvalue weighted by atomic mass is 16.5. The van der Waals surface area contributed by atoms with Crippen molar-refractivity contribution in [2.24, 2.45) is 0 Å². The van der Waals surface area contributed by atoms with Gasteiger partial charge in [-0.3, -0.25) is 9.69 Å². The molecule has 1 N–H and O–H groups in total. The van der Waals surface area contributed by atoms with E-state index in [0.717, 1.165) is 25.3 Å². The summed E-state index contributed by atoms with van der Waals surface area (Å²) in [5, 5.41) is 8.90. The molecular formula is C16H24N2O3. The Hall–Kier alpha value is -1.59. The fraction of sp³-hybridized carbons (Fsp3) is 0.562. The molecule has 0 atom stereocenters. The van der Waals surface area contributed by atoms with Gasteiger partial charge in [0.05, 0.1) is 6.61 Å². The summed E-state index contributed by atoms with van der Waals surface area (Å²) in [5.41, 5.74) is 1.21. The normalized spacial score (nSPS) is 16.0. The molecule has 0 aromatic heterocycles. The Morgan fingerprint density at radius 2 is 2.05 bits per heavy atom. The molecule has 1 saturated heterocycles. The van der Waals surface area contributed by atoms with Gasteiger partial charge in [-0.2, -0.15) is 0 Å². The molecule has 5 nitrogen and oxygen atoms in total. The van der Waals surface area contributed by atoms with Gasteiger partial charge < -0.3 is 14.7 Å². The number of nitrogens with zero attached hydrogens (tertiary/aromatic N) is 2. The Morgan fingerprint density at radius 1 is 1.29 bits per heavy atom. The number of hydrogen-bond donors (Lipinski definition) is 1. The molecule has 1 aliphatic rings. The highest BCUT2D eigenvalue weighted by Crippen LogP contribution is 2.14. The fourth-order valence-corrected chi connectivity index (χ4v) is 2.45. The molecule has 1 aromatic carbocycles. The van der Waals surface area contributed by atoms with Crippen LogP contribution in [0.3, 0.4) is 0 Å². The van der Waals surface area contributed by atoms with Crippen LogP contribution in [0.15, 0.2) is 24.3 Å². The molecule has 1 aromatic rings. The first-order valence-corrected chi connectivity index (χ1v) is 7.55. The highest BCUT2D eigenvalue weighted by Gasteiger charge is 2.20. The summed E-state index contributed by atoms with van der Waals surface area (Å²) in [5.74, 6) is 0.780. The molecule has 116 valence electrons. The minimum Gasteiger partial charge on any atom is -0.484 e. The number of aliphatic hydroxyl groups excluding tert-OH is 1. The second kappa shape index (κ2) is 8.00. The quantitative estimate of drug-likeness (QED) is 0.841. The molecule has 0 aliphatic carbocycles. The van der Waals surface area contributed by atoms with Crippen molar-refractivity contribution in [3.63, 3.8) is 0 Å². The summed E-state index contributed by atoms with van der Waals surface area (Å²) in [7, 11) is 0. The third-order valence-corrected chi connectivity index (χ3v) is 3.81. The van der Waals surface area contributed by atoms with E-state index >= 15 is 0 Å². The van der Waals surface area contributed by atoms with Gasteiger partial charge in [0, 0.05) is 32.7 Å². The number of hydrogen-bond acceptors (Lipinski definition) is 4. The molecule has 0 radical (unpaired) electrons. The number of rotatable bonds is 6. The van der Waals surface area contributed by atoms with Crippen LogP contribution in [-0.2, 0) is 11.2 Å². The lowest BCUT2D eigenvalue weighted by Gasteiger charge is -2.34. The molecule has 1 heterocycles. The Balaban J connectivity index is 1.77. The molecule has 1 aliphatic heterocycles. The van der Waals surface area contributed by atoms with Gasteiger partial charge in [-0.25, -0.2) is 0 Å². The van der Waals surface area contributed by atoms with Crippen LogP contribution in [0, 0.1) is 0 Å². The standard InChI is InChI=1S/C16H24N2O3/c1-2-14-4-3-5-15(12-14)21-13-16(20)18-8-6-17(7-9-18)10-11-19/h3-5,12,19H,2,6-11,13H2,1H3. The zero-order valence-electron chi connectivity index (χ0n) is 12.6. The third-order valence-electron chi connectivity index (χ3n) is 3.81. The van der Waals surface area contributed by atoms with Gasteiger partial charge in [-0.15, -0.1) is 0 Å². The molecule has 0 bridgehead atoms. The first-order valence-electron chi connectivity index (χ1n) is 7.55. The number of aliphatic hydroxyl groups is 1. The first-order chi connectivity index (χ1) is 10.2. The predicted molar refractivity (Wildman–Crippen MR) is 81.4 cm³/mol. The van der Waals surface area contributed by atoms with Crippen LogP contribution in [0.5, 0.6) is 5.75 Å². The van der Waals surface area contributed by atoms with Crippen LogP contribution >= 0.6 is 0 Å². The van der Waals surface area contributed by atoms with E-state index in [9.17, 15) is 4.79 Å². The number of carbonyl (C=O) groups excluding carboxylic acids is 1. The largest absolute Gasteiger partial charge is 0.484 e. The van der Waals surface area contributed by atoms with Gasteiger partial charge in [0.1, 0.15) is 5.75 Å². The summed E-state index contributed by atoms with van der Waals surface area (Å²) in [6.45, 7) is 6.08. The maximum Gasteiger partial charge on any atom is 0.260 e. The SMILES string of the molecule is CCc1cccc(OCC(=O)N2CCN(CCO)CC2)c1. The van der Waals surface area contributed by atoms with Crippen molar-refractivity contribution in [2.75, 3.05) is 45.9 Å². The van der Waals surface area contributed by atoms with Crippen molar-refractivity contribution in [2.45, 2.75) is 13.3 Å². The molecular weight excluding hydrogens is 268 g/mol. The number of amides is 1. The second-order valence-corrected chi connectivity index (χ2v) is 5.24. The maximum atomic E-state index is 12.1. The average Bonchev–Trinajstić information content (AvgIpc) is 2.54. The van der Waals surface area contributed by atoms with Crippen molar-refractivity contribution in [1.82, 2.24) is 9.80 Å². The average molecular weight is 292 g/mol. The summed E-state index contributed by atoms with van der Waals surface area (Å²) in [6.07, 6.45) is 0.956. The van der Waals surface area contributed by atoms with E-state index in [1.165, 1.54) is 5.56 Å². The van der Waals surface area contributed by atoms with Crippen LogP contribution in [0.1, 0.15) is 12.5 Å². The maximum absolute atomic E-state index is 12.1. The Kier molecular flexibility index (Phi) is 6.02. The molecule has 0 spiro atoms. The number of aryl methyl sites for hydroxylation is 1. The van der Waals surface area contributed by atoms with Crippen LogP contribution in [0.25, 0.3) is 0 Å². The Morgan fingerprint density at radius 3 is 2.71 bits per heavy atom. The Bertz CT molecular complexity index is 457. The predicted octanol–water partition coefficient (Wildman–Crippen LogP) is 0.764. The number of benzene rings is 1. The Labute approximate surface area is 126 Å². The van der Waals surface area contributed by atoms with Crippen molar-refractivity contribution in [3.8, 4) is 5.75 Å². The van der Waals surface area contributed by atoms with E-state index in [1.807, 2.05) is 23.1 Å². The van der Waals surface area contributed by atoms with E-state index in [-0.39, 0.29) is 19.1 Å². The van der Waals surface area contributed by atoms with Gasteiger partial charge in [0.15, 0.2) is 6.61 Å². The van der Waals surface area contributed by atoms with Gasteiger partial charge in [0.2, 0.25) is 0 Å². The van der Waals surface area contributed by atoms with E-state index in [2.05, 4.69) is 17.9 Å². The minimum absolute atomic E-state index is 0.0283. The summed E-state index contributed by atoms with van der Waals surface area (Å²) < 4.78 is 5.59. The van der Waals surface area contributed by atoms with Crippen molar-refractivity contribution in [1.29, 1.82) is 0 Å². The van der Waals surface area contributed by atoms with E-state index in [0.29, 0.717) is 19.6 Å². The van der Waals surface area contributed by atoms with Crippen molar-refractivity contribution >= 4 is 5.91 Å². The zero-order valence-corrected chi connectivity index (χ0v) is 12.6. The van der Waals surface area contributed by atoms with E-state index in [1.54, 1.807) is 0 Å². The van der Waals surface area contributed by atoms with Crippen LogP contribution in [-0.4, -0.2) is 66.8 Å². The van der Waals surface area contributed by atoms with Gasteiger partial charge >= 0.3 is 0 Å². The molecule has 0 saturated carbocycles. The van der Waals surface area contributed by atoms with Crippen LogP contribution in [0.2, 0.25) is 0 Å². The summed E-state index contributed by atoms with van der Waals surface area (Å²) in [6, 6.07) is 7.86. The smallest absolute Gasteiger partial charge is 0.260 e.